The summed E-state index contributed by atoms with van der Waals surface area (Å²) in [5.74, 6) is -1.34. The lowest BCUT2D eigenvalue weighted by atomic mass is 9.85. The van der Waals surface area contributed by atoms with Gasteiger partial charge in [-0.2, -0.15) is 0 Å². The summed E-state index contributed by atoms with van der Waals surface area (Å²) in [6, 6.07) is -2.03. The summed E-state index contributed by atoms with van der Waals surface area (Å²) in [7, 11) is 0. The summed E-state index contributed by atoms with van der Waals surface area (Å²) in [5, 5.41) is 14.7. The van der Waals surface area contributed by atoms with Crippen LogP contribution in [0.25, 0.3) is 0 Å². The third-order valence-electron chi connectivity index (χ3n) is 3.70. The molecule has 1 heterocycles. The van der Waals surface area contributed by atoms with Crippen LogP contribution in [0.5, 0.6) is 0 Å². The molecule has 3 N–H and O–H groups in total. The van der Waals surface area contributed by atoms with Gasteiger partial charge in [0.1, 0.15) is 12.1 Å². The molecule has 26 heavy (non-hydrogen) atoms. The second-order valence-corrected chi connectivity index (χ2v) is 8.88. The molecule has 2 atom stereocenters. The number of carbonyl (C=O) groups excluding carboxylic acids is 2. The summed E-state index contributed by atoms with van der Waals surface area (Å²) >= 11 is 0. The number of nitrogens with one attached hydrogen (secondary N) is 2. The first kappa shape index (κ1) is 24.2. The number of urea groups is 1. The average molecular weight is 372 g/mol. The van der Waals surface area contributed by atoms with Crippen LogP contribution in [-0.2, 0) is 9.59 Å². The zero-order chi connectivity index (χ0) is 20.7. The lowest BCUT2D eigenvalue weighted by molar-refractivity contribution is -0.150. The van der Waals surface area contributed by atoms with Crippen molar-refractivity contribution in [2.75, 3.05) is 6.54 Å². The summed E-state index contributed by atoms with van der Waals surface area (Å²) in [6.07, 6.45) is 2.36. The first-order valence-corrected chi connectivity index (χ1v) is 9.36. The van der Waals surface area contributed by atoms with Gasteiger partial charge < -0.3 is 20.6 Å². The van der Waals surface area contributed by atoms with E-state index >= 15 is 0 Å². The number of aliphatic carboxylic acids is 1. The number of amides is 3. The molecule has 2 unspecified atom stereocenters. The molecular formula is C19H37N3O4. The Morgan fingerprint density at radius 2 is 1.62 bits per heavy atom. The number of carboxylic acid groups (broad SMARTS) is 1. The SMILES string of the molecule is CC(C)(C)NC(=O)NC(C(=O)N1CCCC1C(=O)O)C(C)(C)C.CCC. The van der Waals surface area contributed by atoms with E-state index in [0.29, 0.717) is 19.4 Å². The molecule has 3 amide bonds. The Labute approximate surface area is 157 Å². The largest absolute Gasteiger partial charge is 0.480 e. The van der Waals surface area contributed by atoms with Crippen LogP contribution in [0.3, 0.4) is 0 Å². The molecule has 0 radical (unpaired) electrons. The molecule has 0 spiro atoms. The van der Waals surface area contributed by atoms with Crippen LogP contribution in [-0.4, -0.2) is 52.1 Å². The molecule has 7 heteroatoms. The predicted molar refractivity (Wildman–Crippen MR) is 103 cm³/mol. The van der Waals surface area contributed by atoms with Crippen molar-refractivity contribution in [3.63, 3.8) is 0 Å². The smallest absolute Gasteiger partial charge is 0.326 e. The van der Waals surface area contributed by atoms with Gasteiger partial charge in [-0.3, -0.25) is 4.79 Å². The molecule has 7 nitrogen and oxygen atoms in total. The highest BCUT2D eigenvalue weighted by atomic mass is 16.4. The number of nitrogens with zero attached hydrogens (tertiary/aromatic N) is 1. The molecule has 1 fully saturated rings. The maximum Gasteiger partial charge on any atom is 0.326 e. The second kappa shape index (κ2) is 9.78. The molecule has 0 saturated carbocycles. The van der Waals surface area contributed by atoms with Crippen LogP contribution in [0.1, 0.15) is 74.7 Å². The molecule has 0 aromatic rings. The van der Waals surface area contributed by atoms with E-state index in [2.05, 4.69) is 24.5 Å². The van der Waals surface area contributed by atoms with Gasteiger partial charge in [-0.1, -0.05) is 41.0 Å². The summed E-state index contributed by atoms with van der Waals surface area (Å²) in [5.41, 5.74) is -0.954. The fraction of sp³-hybridized carbons (Fsp3) is 0.842. The Morgan fingerprint density at radius 3 is 2.00 bits per heavy atom. The van der Waals surface area contributed by atoms with E-state index in [1.165, 1.54) is 11.3 Å². The second-order valence-electron chi connectivity index (χ2n) is 8.88. The van der Waals surface area contributed by atoms with Gasteiger partial charge in [0.2, 0.25) is 5.91 Å². The Bertz CT molecular complexity index is 492. The van der Waals surface area contributed by atoms with Crippen molar-refractivity contribution < 1.29 is 19.5 Å². The molecule has 1 rings (SSSR count). The number of rotatable bonds is 3. The molecule has 0 aromatic heterocycles. The van der Waals surface area contributed by atoms with Gasteiger partial charge in [0.05, 0.1) is 0 Å². The Hall–Kier alpha value is -1.79. The lowest BCUT2D eigenvalue weighted by Crippen LogP contribution is -2.59. The van der Waals surface area contributed by atoms with E-state index in [4.69, 9.17) is 0 Å². The van der Waals surface area contributed by atoms with E-state index in [1.807, 2.05) is 41.5 Å². The third-order valence-corrected chi connectivity index (χ3v) is 3.70. The Kier molecular flexibility index (Phi) is 9.11. The van der Waals surface area contributed by atoms with E-state index in [1.54, 1.807) is 0 Å². The van der Waals surface area contributed by atoms with Crippen LogP contribution in [0.2, 0.25) is 0 Å². The first-order chi connectivity index (χ1) is 11.7. The van der Waals surface area contributed by atoms with Crippen molar-refractivity contribution in [2.24, 2.45) is 5.41 Å². The Balaban J connectivity index is 0.00000194. The van der Waals surface area contributed by atoms with Gasteiger partial charge in [0.25, 0.3) is 0 Å². The number of carbonyl (C=O) groups is 3. The lowest BCUT2D eigenvalue weighted by Gasteiger charge is -2.35. The molecule has 1 aliphatic rings. The monoisotopic (exact) mass is 371 g/mol. The fourth-order valence-electron chi connectivity index (χ4n) is 2.61. The van der Waals surface area contributed by atoms with Crippen molar-refractivity contribution in [3.05, 3.63) is 0 Å². The molecule has 0 aromatic carbocycles. The maximum absolute atomic E-state index is 12.8. The predicted octanol–water partition coefficient (Wildman–Crippen LogP) is 2.99. The number of hydrogen-bond donors (Lipinski definition) is 3. The van der Waals surface area contributed by atoms with Gasteiger partial charge in [-0.05, 0) is 39.0 Å². The molecule has 1 saturated heterocycles. The van der Waals surface area contributed by atoms with Crippen molar-refractivity contribution in [3.8, 4) is 0 Å². The minimum absolute atomic E-state index is 0.341. The van der Waals surface area contributed by atoms with Crippen LogP contribution >= 0.6 is 0 Å². The summed E-state index contributed by atoms with van der Waals surface area (Å²) in [6.45, 7) is 15.7. The fourth-order valence-corrected chi connectivity index (χ4v) is 2.61. The Morgan fingerprint density at radius 1 is 1.12 bits per heavy atom. The summed E-state index contributed by atoms with van der Waals surface area (Å²) < 4.78 is 0. The third kappa shape index (κ3) is 8.06. The number of hydrogen-bond acceptors (Lipinski definition) is 3. The van der Waals surface area contributed by atoms with E-state index in [9.17, 15) is 19.5 Å². The molecule has 0 bridgehead atoms. The normalized spacial score (nSPS) is 18.5. The van der Waals surface area contributed by atoms with Gasteiger partial charge in [0.15, 0.2) is 0 Å². The van der Waals surface area contributed by atoms with Crippen LogP contribution in [0.15, 0.2) is 0 Å². The molecule has 1 aliphatic heterocycles. The van der Waals surface area contributed by atoms with Crippen molar-refractivity contribution in [1.82, 2.24) is 15.5 Å². The highest BCUT2D eigenvalue weighted by Gasteiger charge is 2.42. The van der Waals surface area contributed by atoms with Crippen molar-refractivity contribution >= 4 is 17.9 Å². The zero-order valence-corrected chi connectivity index (χ0v) is 17.6. The van der Waals surface area contributed by atoms with Gasteiger partial charge in [0, 0.05) is 12.1 Å². The number of carboxylic acids is 1. The van der Waals surface area contributed by atoms with Crippen LogP contribution in [0.4, 0.5) is 4.79 Å². The minimum atomic E-state index is -0.998. The van der Waals surface area contributed by atoms with Gasteiger partial charge in [-0.15, -0.1) is 0 Å². The highest BCUT2D eigenvalue weighted by molar-refractivity contribution is 5.91. The number of likely N-dealkylation sites (tertiary alicyclic amines) is 1. The topological polar surface area (TPSA) is 98.7 Å². The van der Waals surface area contributed by atoms with E-state index < -0.39 is 35.0 Å². The summed E-state index contributed by atoms with van der Waals surface area (Å²) in [4.78, 5) is 37.6. The molecule has 152 valence electrons. The van der Waals surface area contributed by atoms with Gasteiger partial charge in [-0.25, -0.2) is 9.59 Å². The first-order valence-electron chi connectivity index (χ1n) is 9.36. The average Bonchev–Trinajstić information content (AvgIpc) is 2.91. The van der Waals surface area contributed by atoms with Crippen LogP contribution < -0.4 is 10.6 Å². The van der Waals surface area contributed by atoms with Crippen molar-refractivity contribution in [1.29, 1.82) is 0 Å². The van der Waals surface area contributed by atoms with Crippen LogP contribution in [0, 0.1) is 5.41 Å². The molecular weight excluding hydrogens is 334 g/mol. The quantitative estimate of drug-likeness (QED) is 0.710. The maximum atomic E-state index is 12.8. The van der Waals surface area contributed by atoms with Gasteiger partial charge >= 0.3 is 12.0 Å². The zero-order valence-electron chi connectivity index (χ0n) is 17.6. The minimum Gasteiger partial charge on any atom is -0.480 e. The van der Waals surface area contributed by atoms with E-state index in [0.717, 1.165) is 0 Å². The van der Waals surface area contributed by atoms with Crippen molar-refractivity contribution in [2.45, 2.75) is 92.3 Å². The molecule has 0 aliphatic carbocycles. The standard InChI is InChI=1S/C16H29N3O4.C3H8/c1-15(2,3)11(17-14(23)18-16(4,5)6)12(20)19-9-7-8-10(19)13(21)22;1-3-2/h10-11H,7-9H2,1-6H3,(H,21,22)(H2,17,18,23);3H2,1-2H3. The highest BCUT2D eigenvalue weighted by Crippen LogP contribution is 2.25. The van der Waals surface area contributed by atoms with E-state index in [-0.39, 0.29) is 5.91 Å².